The molecule has 1 fully saturated rings. The topological polar surface area (TPSA) is 83.7 Å². The molecule has 1 aliphatic heterocycles. The van der Waals surface area contributed by atoms with Gasteiger partial charge in [-0.2, -0.15) is 0 Å². The van der Waals surface area contributed by atoms with E-state index in [4.69, 9.17) is 0 Å². The highest BCUT2D eigenvalue weighted by atomic mass is 16.6. The van der Waals surface area contributed by atoms with Gasteiger partial charge >= 0.3 is 0 Å². The molecule has 1 saturated heterocycles. The van der Waals surface area contributed by atoms with Crippen molar-refractivity contribution in [2.24, 2.45) is 5.92 Å². The maximum Gasteiger partial charge on any atom is 0.269 e. The highest BCUT2D eigenvalue weighted by Crippen LogP contribution is 2.17. The first-order valence-electron chi connectivity index (χ1n) is 6.87. The number of likely N-dealkylation sites (tertiary alicyclic amines) is 1. The summed E-state index contributed by atoms with van der Waals surface area (Å²) in [4.78, 5) is 23.8. The quantitative estimate of drug-likeness (QED) is 0.523. The Kier molecular flexibility index (Phi) is 4.70. The zero-order chi connectivity index (χ0) is 15.4. The van der Waals surface area contributed by atoms with Gasteiger partial charge in [-0.1, -0.05) is 6.92 Å². The number of nitro groups is 1. The highest BCUT2D eigenvalue weighted by molar-refractivity contribution is 5.91. The average Bonchev–Trinajstić information content (AvgIpc) is 2.48. The third kappa shape index (κ3) is 3.88. The molecule has 0 saturated carbocycles. The number of hydrogen-bond donors (Lipinski definition) is 1. The third-order valence-corrected chi connectivity index (χ3v) is 3.69. The van der Waals surface area contributed by atoms with Gasteiger partial charge in [-0.25, -0.2) is 0 Å². The van der Waals surface area contributed by atoms with Crippen molar-refractivity contribution in [1.29, 1.82) is 0 Å². The largest absolute Gasteiger partial charge is 0.393 e. The first-order valence-corrected chi connectivity index (χ1v) is 6.87. The van der Waals surface area contributed by atoms with Crippen LogP contribution in [0.5, 0.6) is 0 Å². The molecule has 2 unspecified atom stereocenters. The van der Waals surface area contributed by atoms with Crippen LogP contribution in [0.2, 0.25) is 0 Å². The van der Waals surface area contributed by atoms with Gasteiger partial charge < -0.3 is 10.0 Å². The maximum atomic E-state index is 12.0. The summed E-state index contributed by atoms with van der Waals surface area (Å²) in [6.45, 7) is 3.02. The molecule has 0 spiro atoms. The molecule has 1 N–H and O–H groups in total. The third-order valence-electron chi connectivity index (χ3n) is 3.69. The maximum absolute atomic E-state index is 12.0. The Hall–Kier alpha value is -2.21. The number of amides is 1. The smallest absolute Gasteiger partial charge is 0.269 e. The minimum Gasteiger partial charge on any atom is -0.393 e. The molecule has 1 aromatic rings. The van der Waals surface area contributed by atoms with Crippen LogP contribution in [0.15, 0.2) is 30.3 Å². The molecule has 1 aromatic carbocycles. The normalized spacial score (nSPS) is 22.5. The summed E-state index contributed by atoms with van der Waals surface area (Å²) in [7, 11) is 0. The molecule has 0 bridgehead atoms. The predicted octanol–water partition coefficient (Wildman–Crippen LogP) is 1.84. The van der Waals surface area contributed by atoms with E-state index in [2.05, 4.69) is 0 Å². The Morgan fingerprint density at radius 1 is 1.43 bits per heavy atom. The van der Waals surface area contributed by atoms with Crippen molar-refractivity contribution in [3.05, 3.63) is 46.0 Å². The van der Waals surface area contributed by atoms with Gasteiger partial charge in [0, 0.05) is 31.3 Å². The van der Waals surface area contributed by atoms with Gasteiger partial charge in [0.1, 0.15) is 0 Å². The molecule has 0 radical (unpaired) electrons. The Balaban J connectivity index is 1.97. The van der Waals surface area contributed by atoms with Gasteiger partial charge in [-0.15, -0.1) is 0 Å². The molecule has 1 heterocycles. The summed E-state index contributed by atoms with van der Waals surface area (Å²) in [6.07, 6.45) is 3.36. The standard InChI is InChI=1S/C15H18N2O4/c1-11-10-16(9-8-14(11)18)15(19)7-4-12-2-5-13(6-3-12)17(20)21/h2-7,11,14,18H,8-10H2,1H3/b7-4+. The second-order valence-corrected chi connectivity index (χ2v) is 5.30. The molecule has 6 nitrogen and oxygen atoms in total. The fraction of sp³-hybridized carbons (Fsp3) is 0.400. The van der Waals surface area contributed by atoms with E-state index < -0.39 is 4.92 Å². The van der Waals surface area contributed by atoms with Gasteiger partial charge in [0.15, 0.2) is 0 Å². The van der Waals surface area contributed by atoms with Crippen LogP contribution in [0.4, 0.5) is 5.69 Å². The lowest BCUT2D eigenvalue weighted by Gasteiger charge is -2.33. The van der Waals surface area contributed by atoms with E-state index in [9.17, 15) is 20.0 Å². The van der Waals surface area contributed by atoms with Crippen LogP contribution in [-0.2, 0) is 4.79 Å². The van der Waals surface area contributed by atoms with E-state index in [1.807, 2.05) is 6.92 Å². The number of piperidine rings is 1. The first-order chi connectivity index (χ1) is 9.97. The summed E-state index contributed by atoms with van der Waals surface area (Å²) in [6, 6.07) is 6.02. The van der Waals surface area contributed by atoms with Crippen LogP contribution in [-0.4, -0.2) is 40.0 Å². The second-order valence-electron chi connectivity index (χ2n) is 5.30. The van der Waals surface area contributed by atoms with Crippen molar-refractivity contribution in [3.63, 3.8) is 0 Å². The monoisotopic (exact) mass is 290 g/mol. The number of aliphatic hydroxyl groups excluding tert-OH is 1. The van der Waals surface area contributed by atoms with E-state index in [0.717, 1.165) is 5.56 Å². The van der Waals surface area contributed by atoms with Crippen molar-refractivity contribution in [1.82, 2.24) is 4.90 Å². The van der Waals surface area contributed by atoms with Crippen LogP contribution in [0.25, 0.3) is 6.08 Å². The molecular formula is C15H18N2O4. The van der Waals surface area contributed by atoms with E-state index >= 15 is 0 Å². The lowest BCUT2D eigenvalue weighted by Crippen LogP contribution is -2.44. The summed E-state index contributed by atoms with van der Waals surface area (Å²) in [5.41, 5.74) is 0.761. The molecule has 2 rings (SSSR count). The van der Waals surface area contributed by atoms with Gasteiger partial charge in [0.25, 0.3) is 5.69 Å². The Morgan fingerprint density at radius 2 is 2.10 bits per heavy atom. The number of hydrogen-bond acceptors (Lipinski definition) is 4. The SMILES string of the molecule is CC1CN(C(=O)/C=C/c2ccc([N+](=O)[O-])cc2)CCC1O. The Bertz CT molecular complexity index is 553. The van der Waals surface area contributed by atoms with Gasteiger partial charge in [-0.05, 0) is 36.1 Å². The van der Waals surface area contributed by atoms with E-state index in [1.165, 1.54) is 18.2 Å². The zero-order valence-electron chi connectivity index (χ0n) is 11.8. The van der Waals surface area contributed by atoms with E-state index in [-0.39, 0.29) is 23.6 Å². The number of nitrogens with zero attached hydrogens (tertiary/aromatic N) is 2. The fourth-order valence-corrected chi connectivity index (χ4v) is 2.31. The number of rotatable bonds is 3. The lowest BCUT2D eigenvalue weighted by atomic mass is 9.97. The number of nitro benzene ring substituents is 1. The lowest BCUT2D eigenvalue weighted by molar-refractivity contribution is -0.384. The highest BCUT2D eigenvalue weighted by Gasteiger charge is 2.25. The minimum absolute atomic E-state index is 0.0253. The fourth-order valence-electron chi connectivity index (χ4n) is 2.31. The molecule has 0 aliphatic carbocycles. The Morgan fingerprint density at radius 3 is 2.67 bits per heavy atom. The molecule has 0 aromatic heterocycles. The number of benzene rings is 1. The van der Waals surface area contributed by atoms with Crippen molar-refractivity contribution in [3.8, 4) is 0 Å². The molecule has 2 atom stereocenters. The molecule has 1 amide bonds. The molecule has 21 heavy (non-hydrogen) atoms. The van der Waals surface area contributed by atoms with Crippen LogP contribution >= 0.6 is 0 Å². The molecular weight excluding hydrogens is 272 g/mol. The Labute approximate surface area is 122 Å². The van der Waals surface area contributed by atoms with Gasteiger partial charge in [-0.3, -0.25) is 14.9 Å². The van der Waals surface area contributed by atoms with Crippen LogP contribution in [0.1, 0.15) is 18.9 Å². The average molecular weight is 290 g/mol. The zero-order valence-corrected chi connectivity index (χ0v) is 11.8. The molecule has 1 aliphatic rings. The van der Waals surface area contributed by atoms with Crippen molar-refractivity contribution in [2.45, 2.75) is 19.4 Å². The minimum atomic E-state index is -0.459. The number of carbonyl (C=O) groups excluding carboxylic acids is 1. The van der Waals surface area contributed by atoms with Crippen LogP contribution in [0, 0.1) is 16.0 Å². The van der Waals surface area contributed by atoms with Gasteiger partial charge in [0.05, 0.1) is 11.0 Å². The predicted molar refractivity (Wildman–Crippen MR) is 78.5 cm³/mol. The van der Waals surface area contributed by atoms with Crippen molar-refractivity contribution >= 4 is 17.7 Å². The number of aliphatic hydroxyl groups is 1. The summed E-state index contributed by atoms with van der Waals surface area (Å²) in [5, 5.41) is 20.2. The summed E-state index contributed by atoms with van der Waals surface area (Å²) < 4.78 is 0. The summed E-state index contributed by atoms with van der Waals surface area (Å²) >= 11 is 0. The van der Waals surface area contributed by atoms with E-state index in [1.54, 1.807) is 23.1 Å². The van der Waals surface area contributed by atoms with Crippen LogP contribution < -0.4 is 0 Å². The summed E-state index contributed by atoms with van der Waals surface area (Å²) in [5.74, 6) is -0.0254. The second kappa shape index (κ2) is 6.49. The number of non-ortho nitro benzene ring substituents is 1. The first kappa shape index (κ1) is 15.2. The molecule has 6 heteroatoms. The van der Waals surface area contributed by atoms with E-state index in [0.29, 0.717) is 19.5 Å². The van der Waals surface area contributed by atoms with Gasteiger partial charge in [0.2, 0.25) is 5.91 Å². The number of carbonyl (C=O) groups is 1. The molecule has 112 valence electrons. The van der Waals surface area contributed by atoms with Crippen LogP contribution in [0.3, 0.4) is 0 Å². The van der Waals surface area contributed by atoms with Crippen molar-refractivity contribution < 1.29 is 14.8 Å². The van der Waals surface area contributed by atoms with Crippen molar-refractivity contribution in [2.75, 3.05) is 13.1 Å².